The molecule has 1 aromatic rings. The number of amides is 2. The topological polar surface area (TPSA) is 82.0 Å². The Balaban J connectivity index is 2.79. The van der Waals surface area contributed by atoms with Gasteiger partial charge in [0.15, 0.2) is 0 Å². The van der Waals surface area contributed by atoms with E-state index in [1.807, 2.05) is 24.3 Å². The third kappa shape index (κ3) is 4.64. The summed E-state index contributed by atoms with van der Waals surface area (Å²) in [7, 11) is 0. The van der Waals surface area contributed by atoms with E-state index >= 15 is 0 Å². The number of benzene rings is 1. The van der Waals surface area contributed by atoms with Gasteiger partial charge in [0, 0.05) is 6.54 Å². The normalized spacial score (nSPS) is 10.9. The Morgan fingerprint density at radius 2 is 2.00 bits per heavy atom. The summed E-state index contributed by atoms with van der Waals surface area (Å²) < 4.78 is 0. The summed E-state index contributed by atoms with van der Waals surface area (Å²) in [4.78, 5) is 23.1. The van der Waals surface area contributed by atoms with Crippen molar-refractivity contribution in [3.8, 4) is 6.07 Å². The lowest BCUT2D eigenvalue weighted by Crippen LogP contribution is -2.37. The molecule has 5 heteroatoms. The first kappa shape index (κ1) is 14.5. The van der Waals surface area contributed by atoms with Gasteiger partial charge in [-0.25, -0.2) is 0 Å². The molecule has 2 N–H and O–H groups in total. The maximum atomic E-state index is 12.0. The summed E-state index contributed by atoms with van der Waals surface area (Å²) in [5.41, 5.74) is 0.780. The number of nitrogens with one attached hydrogen (secondary N) is 2. The lowest BCUT2D eigenvalue weighted by molar-refractivity contribution is -0.122. The summed E-state index contributed by atoms with van der Waals surface area (Å²) in [5.74, 6) is -1.16. The highest BCUT2D eigenvalue weighted by Crippen LogP contribution is 2.14. The molecule has 0 radical (unpaired) electrons. The zero-order valence-electron chi connectivity index (χ0n) is 10.4. The second kappa shape index (κ2) is 7.67. The van der Waals surface area contributed by atoms with E-state index in [1.165, 1.54) is 0 Å². The predicted octanol–water partition coefficient (Wildman–Crippen LogP) is 0.712. The zero-order valence-corrected chi connectivity index (χ0v) is 10.4. The fraction of sp³-hybridized carbons (Fsp3) is 0.214. The molecule has 0 aliphatic heterocycles. The first-order chi connectivity index (χ1) is 9.19. The number of rotatable bonds is 6. The fourth-order valence-electron chi connectivity index (χ4n) is 1.57. The van der Waals surface area contributed by atoms with Gasteiger partial charge < -0.3 is 10.6 Å². The van der Waals surface area contributed by atoms with Gasteiger partial charge in [-0.05, 0) is 11.6 Å². The van der Waals surface area contributed by atoms with Crippen LogP contribution in [-0.4, -0.2) is 24.9 Å². The van der Waals surface area contributed by atoms with Crippen LogP contribution >= 0.6 is 0 Å². The highest BCUT2D eigenvalue weighted by Gasteiger charge is 2.20. The molecule has 0 heterocycles. The average molecular weight is 257 g/mol. The van der Waals surface area contributed by atoms with E-state index in [0.717, 1.165) is 11.6 Å². The van der Waals surface area contributed by atoms with Gasteiger partial charge in [-0.15, -0.1) is 0 Å². The Bertz CT molecular complexity index is 491. The van der Waals surface area contributed by atoms with Crippen molar-refractivity contribution in [3.05, 3.63) is 48.6 Å². The number of carbonyl (C=O) groups excluding carboxylic acids is 2. The molecule has 2 amide bonds. The fourth-order valence-corrected chi connectivity index (χ4v) is 1.57. The number of carbonyl (C=O) groups is 2. The van der Waals surface area contributed by atoms with Gasteiger partial charge >= 0.3 is 0 Å². The molecule has 1 aromatic carbocycles. The van der Waals surface area contributed by atoms with Crippen molar-refractivity contribution in [1.82, 2.24) is 10.6 Å². The molecular weight excluding hydrogens is 242 g/mol. The summed E-state index contributed by atoms with van der Waals surface area (Å²) in [6, 6.07) is 10.9. The van der Waals surface area contributed by atoms with Gasteiger partial charge in [0.05, 0.1) is 12.0 Å². The van der Waals surface area contributed by atoms with E-state index in [2.05, 4.69) is 17.2 Å². The predicted molar refractivity (Wildman–Crippen MR) is 71.0 cm³/mol. The molecule has 0 bridgehead atoms. The molecule has 0 aliphatic carbocycles. The monoisotopic (exact) mass is 257 g/mol. The molecular formula is C14H15N3O2. The van der Waals surface area contributed by atoms with Gasteiger partial charge in [0.2, 0.25) is 11.8 Å². The molecule has 0 spiro atoms. The Morgan fingerprint density at radius 3 is 2.58 bits per heavy atom. The number of hydrogen-bond donors (Lipinski definition) is 2. The zero-order chi connectivity index (χ0) is 14.1. The van der Waals surface area contributed by atoms with E-state index in [0.29, 0.717) is 0 Å². The van der Waals surface area contributed by atoms with E-state index in [1.54, 1.807) is 12.1 Å². The third-order valence-corrected chi connectivity index (χ3v) is 2.53. The standard InChI is InChI=1S/C14H15N3O2/c1-2-13(18)17-10-12(14(19)16-9-8-15)11-6-4-3-5-7-11/h2-7,12H,1,9-10H2,(H,16,19)(H,17,18). The van der Waals surface area contributed by atoms with Crippen LogP contribution in [0.5, 0.6) is 0 Å². The quantitative estimate of drug-likeness (QED) is 0.581. The van der Waals surface area contributed by atoms with Crippen LogP contribution in [-0.2, 0) is 9.59 Å². The van der Waals surface area contributed by atoms with Gasteiger partial charge in [0.25, 0.3) is 0 Å². The van der Waals surface area contributed by atoms with Crippen LogP contribution in [0.4, 0.5) is 0 Å². The van der Waals surface area contributed by atoms with Crippen LogP contribution in [0.15, 0.2) is 43.0 Å². The molecule has 0 saturated carbocycles. The molecule has 1 atom stereocenters. The van der Waals surface area contributed by atoms with E-state index in [4.69, 9.17) is 5.26 Å². The van der Waals surface area contributed by atoms with E-state index in [-0.39, 0.29) is 24.9 Å². The highest BCUT2D eigenvalue weighted by molar-refractivity contribution is 5.88. The van der Waals surface area contributed by atoms with Gasteiger partial charge in [-0.1, -0.05) is 36.9 Å². The van der Waals surface area contributed by atoms with Crippen molar-refractivity contribution in [1.29, 1.82) is 5.26 Å². The van der Waals surface area contributed by atoms with Gasteiger partial charge in [0.1, 0.15) is 6.54 Å². The molecule has 19 heavy (non-hydrogen) atoms. The van der Waals surface area contributed by atoms with Gasteiger partial charge in [-0.3, -0.25) is 9.59 Å². The number of nitriles is 1. The lowest BCUT2D eigenvalue weighted by atomic mass is 9.98. The molecule has 0 saturated heterocycles. The van der Waals surface area contributed by atoms with E-state index in [9.17, 15) is 9.59 Å². The lowest BCUT2D eigenvalue weighted by Gasteiger charge is -2.16. The largest absolute Gasteiger partial charge is 0.351 e. The Morgan fingerprint density at radius 1 is 1.32 bits per heavy atom. The van der Waals surface area contributed by atoms with Crippen LogP contribution in [0, 0.1) is 11.3 Å². The minimum Gasteiger partial charge on any atom is -0.351 e. The van der Waals surface area contributed by atoms with Crippen LogP contribution in [0.3, 0.4) is 0 Å². The second-order valence-corrected chi connectivity index (χ2v) is 3.79. The average Bonchev–Trinajstić information content (AvgIpc) is 2.46. The second-order valence-electron chi connectivity index (χ2n) is 3.79. The van der Waals surface area contributed by atoms with Crippen molar-refractivity contribution in [2.75, 3.05) is 13.1 Å². The molecule has 0 aromatic heterocycles. The Labute approximate surface area is 111 Å². The van der Waals surface area contributed by atoms with Crippen molar-refractivity contribution < 1.29 is 9.59 Å². The van der Waals surface area contributed by atoms with Crippen LogP contribution in [0.25, 0.3) is 0 Å². The first-order valence-electron chi connectivity index (χ1n) is 5.79. The minimum absolute atomic E-state index is 0.0580. The van der Waals surface area contributed by atoms with Crippen LogP contribution in [0.2, 0.25) is 0 Å². The smallest absolute Gasteiger partial charge is 0.243 e. The SMILES string of the molecule is C=CC(=O)NCC(C(=O)NCC#N)c1ccccc1. The van der Waals surface area contributed by atoms with Crippen molar-refractivity contribution >= 4 is 11.8 Å². The molecule has 1 rings (SSSR count). The summed E-state index contributed by atoms with van der Waals surface area (Å²) in [6.07, 6.45) is 1.15. The summed E-state index contributed by atoms with van der Waals surface area (Å²) in [5, 5.41) is 13.6. The summed E-state index contributed by atoms with van der Waals surface area (Å²) >= 11 is 0. The third-order valence-electron chi connectivity index (χ3n) is 2.53. The maximum absolute atomic E-state index is 12.0. The summed E-state index contributed by atoms with van der Waals surface area (Å²) in [6.45, 7) is 3.45. The van der Waals surface area contributed by atoms with Crippen LogP contribution < -0.4 is 10.6 Å². The molecule has 0 fully saturated rings. The van der Waals surface area contributed by atoms with Gasteiger partial charge in [-0.2, -0.15) is 5.26 Å². The van der Waals surface area contributed by atoms with Crippen LogP contribution in [0.1, 0.15) is 11.5 Å². The van der Waals surface area contributed by atoms with E-state index < -0.39 is 5.92 Å². The molecule has 1 unspecified atom stereocenters. The molecule has 98 valence electrons. The maximum Gasteiger partial charge on any atom is 0.243 e. The number of nitrogens with zero attached hydrogens (tertiary/aromatic N) is 1. The highest BCUT2D eigenvalue weighted by atomic mass is 16.2. The molecule has 5 nitrogen and oxygen atoms in total. The Hall–Kier alpha value is -2.61. The van der Waals surface area contributed by atoms with Crippen molar-refractivity contribution in [3.63, 3.8) is 0 Å². The van der Waals surface area contributed by atoms with Crippen molar-refractivity contribution in [2.24, 2.45) is 0 Å². The molecule has 0 aliphatic rings. The Kier molecular flexibility index (Phi) is 5.83. The minimum atomic E-state index is -0.529. The van der Waals surface area contributed by atoms with Crippen molar-refractivity contribution in [2.45, 2.75) is 5.92 Å². The first-order valence-corrected chi connectivity index (χ1v) is 5.79. The number of hydrogen-bond acceptors (Lipinski definition) is 3.